The molecule has 1 fully saturated rings. The molecule has 2 heterocycles. The summed E-state index contributed by atoms with van der Waals surface area (Å²) in [6, 6.07) is 7.93. The fraction of sp³-hybridized carbons (Fsp3) is 0.500. The second-order valence-corrected chi connectivity index (χ2v) is 8.25. The molecule has 5 heteroatoms. The molecule has 134 valence electrons. The standard InChI is InChI=1S/C20H27N3O2/c1-13-16(15-7-5-6-8-17(15)21-13)10-18(24)22-14-9-19(25)23(11-14)12-20(2,3)4/h5-8,14,21H,9-12H2,1-4H3,(H,22,24)/t14-/m1/s1. The summed E-state index contributed by atoms with van der Waals surface area (Å²) in [4.78, 5) is 29.9. The molecule has 3 rings (SSSR count). The number of likely N-dealkylation sites (tertiary alicyclic amines) is 1. The van der Waals surface area contributed by atoms with Gasteiger partial charge in [-0.2, -0.15) is 0 Å². The molecule has 0 unspecified atom stereocenters. The largest absolute Gasteiger partial charge is 0.358 e. The molecule has 0 spiro atoms. The maximum absolute atomic E-state index is 12.5. The van der Waals surface area contributed by atoms with Crippen LogP contribution in [-0.4, -0.2) is 40.8 Å². The van der Waals surface area contributed by atoms with E-state index in [1.165, 1.54) is 0 Å². The van der Waals surface area contributed by atoms with Gasteiger partial charge in [0, 0.05) is 36.1 Å². The van der Waals surface area contributed by atoms with Crippen molar-refractivity contribution in [3.8, 4) is 0 Å². The van der Waals surface area contributed by atoms with E-state index >= 15 is 0 Å². The van der Waals surface area contributed by atoms with E-state index in [1.807, 2.05) is 36.1 Å². The molecule has 0 saturated carbocycles. The number of rotatable bonds is 4. The quantitative estimate of drug-likeness (QED) is 0.898. The van der Waals surface area contributed by atoms with Crippen LogP contribution in [0.25, 0.3) is 10.9 Å². The lowest BCUT2D eigenvalue weighted by Crippen LogP contribution is -2.39. The number of aromatic amines is 1. The van der Waals surface area contributed by atoms with E-state index in [2.05, 4.69) is 31.1 Å². The predicted molar refractivity (Wildman–Crippen MR) is 99.3 cm³/mol. The lowest BCUT2D eigenvalue weighted by Gasteiger charge is -2.26. The minimum atomic E-state index is -0.0899. The zero-order chi connectivity index (χ0) is 18.2. The first kappa shape index (κ1) is 17.5. The van der Waals surface area contributed by atoms with Gasteiger partial charge in [0.2, 0.25) is 11.8 Å². The van der Waals surface area contributed by atoms with Crippen molar-refractivity contribution in [2.75, 3.05) is 13.1 Å². The van der Waals surface area contributed by atoms with Crippen LogP contribution < -0.4 is 5.32 Å². The van der Waals surface area contributed by atoms with Crippen molar-refractivity contribution in [1.82, 2.24) is 15.2 Å². The van der Waals surface area contributed by atoms with Gasteiger partial charge in [0.1, 0.15) is 0 Å². The van der Waals surface area contributed by atoms with Crippen LogP contribution in [0.3, 0.4) is 0 Å². The Morgan fingerprint density at radius 3 is 2.76 bits per heavy atom. The first-order valence-electron chi connectivity index (χ1n) is 8.86. The highest BCUT2D eigenvalue weighted by Crippen LogP contribution is 2.23. The molecular formula is C20H27N3O2. The van der Waals surface area contributed by atoms with Crippen molar-refractivity contribution in [2.24, 2.45) is 5.41 Å². The molecule has 0 bridgehead atoms. The number of aromatic nitrogens is 1. The topological polar surface area (TPSA) is 65.2 Å². The summed E-state index contributed by atoms with van der Waals surface area (Å²) in [5, 5.41) is 4.13. The third-order valence-corrected chi connectivity index (χ3v) is 4.61. The molecule has 0 radical (unpaired) electrons. The maximum Gasteiger partial charge on any atom is 0.224 e. The van der Waals surface area contributed by atoms with Crippen LogP contribution in [0.4, 0.5) is 0 Å². The first-order valence-corrected chi connectivity index (χ1v) is 8.86. The minimum Gasteiger partial charge on any atom is -0.358 e. The zero-order valence-corrected chi connectivity index (χ0v) is 15.5. The van der Waals surface area contributed by atoms with Gasteiger partial charge < -0.3 is 15.2 Å². The summed E-state index contributed by atoms with van der Waals surface area (Å²) in [6.07, 6.45) is 0.731. The van der Waals surface area contributed by atoms with Gasteiger partial charge in [-0.25, -0.2) is 0 Å². The van der Waals surface area contributed by atoms with E-state index in [0.717, 1.165) is 28.7 Å². The van der Waals surface area contributed by atoms with E-state index in [9.17, 15) is 9.59 Å². The van der Waals surface area contributed by atoms with Crippen molar-refractivity contribution in [3.05, 3.63) is 35.5 Å². The number of nitrogens with zero attached hydrogens (tertiary/aromatic N) is 1. The Hall–Kier alpha value is -2.30. The number of nitrogens with one attached hydrogen (secondary N) is 2. The first-order chi connectivity index (χ1) is 11.7. The van der Waals surface area contributed by atoms with E-state index in [0.29, 0.717) is 19.4 Å². The second kappa shape index (κ2) is 6.54. The number of amides is 2. The third kappa shape index (κ3) is 4.03. The number of hydrogen-bond acceptors (Lipinski definition) is 2. The Morgan fingerprint density at radius 2 is 2.04 bits per heavy atom. The Morgan fingerprint density at radius 1 is 1.32 bits per heavy atom. The lowest BCUT2D eigenvalue weighted by molar-refractivity contribution is -0.128. The fourth-order valence-electron chi connectivity index (χ4n) is 3.60. The van der Waals surface area contributed by atoms with Crippen LogP contribution >= 0.6 is 0 Å². The molecule has 1 saturated heterocycles. The van der Waals surface area contributed by atoms with Crippen LogP contribution in [0.2, 0.25) is 0 Å². The van der Waals surface area contributed by atoms with E-state index in [1.54, 1.807) is 0 Å². The van der Waals surface area contributed by atoms with Crippen LogP contribution in [0.5, 0.6) is 0 Å². The summed E-state index contributed by atoms with van der Waals surface area (Å²) >= 11 is 0. The lowest BCUT2D eigenvalue weighted by atomic mass is 9.96. The average Bonchev–Trinajstić information content (AvgIpc) is 2.98. The van der Waals surface area contributed by atoms with Gasteiger partial charge >= 0.3 is 0 Å². The molecule has 1 aromatic heterocycles. The number of fused-ring (bicyclic) bond motifs is 1. The summed E-state index contributed by atoms with van der Waals surface area (Å²) in [7, 11) is 0. The summed E-state index contributed by atoms with van der Waals surface area (Å²) in [5.74, 6) is 0.103. The van der Waals surface area contributed by atoms with E-state index in [-0.39, 0.29) is 23.3 Å². The van der Waals surface area contributed by atoms with Gasteiger partial charge in [0.15, 0.2) is 0 Å². The van der Waals surface area contributed by atoms with Gasteiger partial charge in [-0.1, -0.05) is 39.0 Å². The summed E-state index contributed by atoms with van der Waals surface area (Å²) < 4.78 is 0. The zero-order valence-electron chi connectivity index (χ0n) is 15.5. The number of hydrogen-bond donors (Lipinski definition) is 2. The number of carbonyl (C=O) groups excluding carboxylic acids is 2. The van der Waals surface area contributed by atoms with Crippen molar-refractivity contribution in [3.63, 3.8) is 0 Å². The molecule has 25 heavy (non-hydrogen) atoms. The summed E-state index contributed by atoms with van der Waals surface area (Å²) in [5.41, 5.74) is 3.17. The molecular weight excluding hydrogens is 314 g/mol. The highest BCUT2D eigenvalue weighted by molar-refractivity contribution is 5.90. The smallest absolute Gasteiger partial charge is 0.224 e. The number of benzene rings is 1. The molecule has 2 aromatic rings. The van der Waals surface area contributed by atoms with Gasteiger partial charge in [-0.15, -0.1) is 0 Å². The molecule has 2 N–H and O–H groups in total. The third-order valence-electron chi connectivity index (χ3n) is 4.61. The molecule has 0 aliphatic carbocycles. The van der Waals surface area contributed by atoms with Crippen LogP contribution in [0.1, 0.15) is 38.4 Å². The molecule has 1 aliphatic rings. The fourth-order valence-corrected chi connectivity index (χ4v) is 3.60. The number of aryl methyl sites for hydroxylation is 1. The average molecular weight is 341 g/mol. The van der Waals surface area contributed by atoms with Gasteiger partial charge in [-0.05, 0) is 24.0 Å². The Labute approximate surface area is 148 Å². The maximum atomic E-state index is 12.5. The van der Waals surface area contributed by atoms with E-state index in [4.69, 9.17) is 0 Å². The molecule has 1 aromatic carbocycles. The molecule has 1 aliphatic heterocycles. The summed E-state index contributed by atoms with van der Waals surface area (Å²) in [6.45, 7) is 9.67. The Balaban J connectivity index is 1.63. The predicted octanol–water partition coefficient (Wildman–Crippen LogP) is 2.78. The van der Waals surface area contributed by atoms with E-state index < -0.39 is 0 Å². The van der Waals surface area contributed by atoms with Crippen LogP contribution in [0, 0.1) is 12.3 Å². The highest BCUT2D eigenvalue weighted by Gasteiger charge is 2.32. The van der Waals surface area contributed by atoms with Crippen molar-refractivity contribution >= 4 is 22.7 Å². The molecule has 5 nitrogen and oxygen atoms in total. The van der Waals surface area contributed by atoms with Gasteiger partial charge in [-0.3, -0.25) is 9.59 Å². The monoisotopic (exact) mass is 341 g/mol. The highest BCUT2D eigenvalue weighted by atomic mass is 16.2. The number of para-hydroxylation sites is 1. The molecule has 2 amide bonds. The Bertz CT molecular complexity index is 801. The minimum absolute atomic E-state index is 0.0248. The van der Waals surface area contributed by atoms with Gasteiger partial charge in [0.05, 0.1) is 12.5 Å². The van der Waals surface area contributed by atoms with Crippen molar-refractivity contribution in [2.45, 2.75) is 46.6 Å². The van der Waals surface area contributed by atoms with Crippen molar-refractivity contribution < 1.29 is 9.59 Å². The van der Waals surface area contributed by atoms with Crippen LogP contribution in [-0.2, 0) is 16.0 Å². The second-order valence-electron chi connectivity index (χ2n) is 8.25. The van der Waals surface area contributed by atoms with Crippen LogP contribution in [0.15, 0.2) is 24.3 Å². The number of H-pyrrole nitrogens is 1. The van der Waals surface area contributed by atoms with Crippen molar-refractivity contribution in [1.29, 1.82) is 0 Å². The Kier molecular flexibility index (Phi) is 4.58. The normalized spacial score (nSPS) is 18.2. The van der Waals surface area contributed by atoms with Gasteiger partial charge in [0.25, 0.3) is 0 Å². The molecule has 1 atom stereocenters. The SMILES string of the molecule is Cc1[nH]c2ccccc2c1CC(=O)N[C@@H]1CC(=O)N(CC(C)(C)C)C1. The number of carbonyl (C=O) groups is 2.